The molecule has 6 heteroatoms. The maximum Gasteiger partial charge on any atom is 0.306 e. The van der Waals surface area contributed by atoms with Crippen molar-refractivity contribution in [3.8, 4) is 0 Å². The molecule has 0 rings (SSSR count). The Morgan fingerprint density at radius 3 is 0.721 bits per heavy atom. The monoisotopic (exact) mass is 961 g/mol. The molecule has 0 spiro atoms. The molecule has 0 fully saturated rings. The van der Waals surface area contributed by atoms with Crippen LogP contribution in [0.4, 0.5) is 0 Å². The fourth-order valence-corrected chi connectivity index (χ4v) is 9.58. The maximum atomic E-state index is 12.9. The van der Waals surface area contributed by atoms with Gasteiger partial charge in [-0.2, -0.15) is 0 Å². The number of unbranched alkanes of at least 4 members (excludes halogenated alkanes) is 41. The van der Waals surface area contributed by atoms with Gasteiger partial charge in [0, 0.05) is 19.3 Å². The molecule has 404 valence electrons. The predicted molar refractivity (Wildman–Crippen MR) is 293 cm³/mol. The summed E-state index contributed by atoms with van der Waals surface area (Å²) in [5, 5.41) is 0. The van der Waals surface area contributed by atoms with E-state index in [0.29, 0.717) is 19.3 Å². The van der Waals surface area contributed by atoms with Crippen LogP contribution in [0.15, 0.2) is 0 Å². The Morgan fingerprint density at radius 1 is 0.279 bits per heavy atom. The van der Waals surface area contributed by atoms with Gasteiger partial charge in [0.1, 0.15) is 13.2 Å². The zero-order valence-corrected chi connectivity index (χ0v) is 46.7. The normalized spacial score (nSPS) is 12.0. The van der Waals surface area contributed by atoms with Crippen LogP contribution in [-0.4, -0.2) is 37.2 Å². The summed E-state index contributed by atoms with van der Waals surface area (Å²) in [4.78, 5) is 38.2. The third kappa shape index (κ3) is 55.3. The molecule has 0 aliphatic carbocycles. The summed E-state index contributed by atoms with van der Waals surface area (Å²) < 4.78 is 16.9. The van der Waals surface area contributed by atoms with E-state index in [0.717, 1.165) is 69.6 Å². The molecule has 0 N–H and O–H groups in total. The molecule has 0 saturated heterocycles. The summed E-state index contributed by atoms with van der Waals surface area (Å²) in [6.07, 6.45) is 59.5. The molecule has 0 heterocycles. The van der Waals surface area contributed by atoms with E-state index < -0.39 is 6.10 Å². The zero-order chi connectivity index (χ0) is 49.6. The number of ether oxygens (including phenoxy) is 3. The topological polar surface area (TPSA) is 78.9 Å². The van der Waals surface area contributed by atoms with Gasteiger partial charge in [0.05, 0.1) is 0 Å². The minimum Gasteiger partial charge on any atom is -0.462 e. The lowest BCUT2D eigenvalue weighted by atomic mass is 10.0. The van der Waals surface area contributed by atoms with Gasteiger partial charge in [0.15, 0.2) is 6.10 Å². The van der Waals surface area contributed by atoms with Crippen LogP contribution in [0.25, 0.3) is 0 Å². The Labute approximate surface area is 425 Å². The second kappa shape index (κ2) is 54.7. The summed E-state index contributed by atoms with van der Waals surface area (Å²) >= 11 is 0. The number of carbonyl (C=O) groups excluding carboxylic acids is 3. The first-order valence-electron chi connectivity index (χ1n) is 30.7. The van der Waals surface area contributed by atoms with Crippen molar-refractivity contribution in [1.82, 2.24) is 0 Å². The number of esters is 3. The number of hydrogen-bond donors (Lipinski definition) is 0. The molecular weight excluding hydrogens is 841 g/mol. The van der Waals surface area contributed by atoms with Gasteiger partial charge in [0.2, 0.25) is 0 Å². The van der Waals surface area contributed by atoms with E-state index in [-0.39, 0.29) is 31.1 Å². The third-order valence-corrected chi connectivity index (χ3v) is 14.2. The maximum absolute atomic E-state index is 12.9. The van der Waals surface area contributed by atoms with Gasteiger partial charge in [-0.3, -0.25) is 14.4 Å². The van der Waals surface area contributed by atoms with E-state index in [1.54, 1.807) is 0 Å². The second-order valence-corrected chi connectivity index (χ2v) is 22.3. The highest BCUT2D eigenvalue weighted by atomic mass is 16.6. The molecular formula is C62H120O6. The number of carbonyl (C=O) groups is 3. The van der Waals surface area contributed by atoms with E-state index in [9.17, 15) is 14.4 Å². The van der Waals surface area contributed by atoms with Crippen LogP contribution in [0.5, 0.6) is 0 Å². The lowest BCUT2D eigenvalue weighted by Crippen LogP contribution is -2.30. The van der Waals surface area contributed by atoms with Crippen LogP contribution in [0, 0.1) is 11.8 Å². The van der Waals surface area contributed by atoms with Gasteiger partial charge in [0.25, 0.3) is 0 Å². The Hall–Kier alpha value is -1.59. The van der Waals surface area contributed by atoms with Gasteiger partial charge in [-0.15, -0.1) is 0 Å². The molecule has 6 nitrogen and oxygen atoms in total. The molecule has 0 aromatic rings. The van der Waals surface area contributed by atoms with Crippen LogP contribution in [0.2, 0.25) is 0 Å². The van der Waals surface area contributed by atoms with Crippen LogP contribution in [0.1, 0.15) is 349 Å². The van der Waals surface area contributed by atoms with Gasteiger partial charge < -0.3 is 14.2 Å². The molecule has 0 saturated carbocycles. The minimum absolute atomic E-state index is 0.0622. The molecule has 0 aliphatic heterocycles. The Balaban J connectivity index is 4.29. The van der Waals surface area contributed by atoms with Crippen LogP contribution >= 0.6 is 0 Å². The highest BCUT2D eigenvalue weighted by Gasteiger charge is 2.19. The summed E-state index contributed by atoms with van der Waals surface area (Å²) in [7, 11) is 0. The van der Waals surface area contributed by atoms with E-state index in [4.69, 9.17) is 14.2 Å². The van der Waals surface area contributed by atoms with Gasteiger partial charge in [-0.25, -0.2) is 0 Å². The Kier molecular flexibility index (Phi) is 53.5. The molecule has 0 bridgehead atoms. The minimum atomic E-state index is -0.763. The van der Waals surface area contributed by atoms with Crippen LogP contribution in [-0.2, 0) is 28.6 Å². The van der Waals surface area contributed by atoms with Crippen molar-refractivity contribution in [3.63, 3.8) is 0 Å². The average Bonchev–Trinajstić information content (AvgIpc) is 3.31. The van der Waals surface area contributed by atoms with Gasteiger partial charge in [-0.05, 0) is 31.1 Å². The van der Waals surface area contributed by atoms with Crippen LogP contribution < -0.4 is 0 Å². The van der Waals surface area contributed by atoms with Gasteiger partial charge >= 0.3 is 17.9 Å². The van der Waals surface area contributed by atoms with Crippen molar-refractivity contribution < 1.29 is 28.6 Å². The fourth-order valence-electron chi connectivity index (χ4n) is 9.58. The highest BCUT2D eigenvalue weighted by molar-refractivity contribution is 5.71. The first kappa shape index (κ1) is 66.4. The number of hydrogen-bond acceptors (Lipinski definition) is 6. The largest absolute Gasteiger partial charge is 0.462 e. The standard InChI is InChI=1S/C62H120O6/c1-6-7-8-9-10-11-12-13-14-15-16-17-21-27-32-37-42-47-52-60(63)66-55-59(68-62(65)54-49-44-39-34-29-24-23-26-31-36-41-46-51-58(4)5)56-67-61(64)53-48-43-38-33-28-22-19-18-20-25-30-35-40-45-50-57(2)3/h57-59H,6-56H2,1-5H3/t59-/m1/s1. The average molecular weight is 962 g/mol. The molecule has 68 heavy (non-hydrogen) atoms. The zero-order valence-electron chi connectivity index (χ0n) is 46.7. The van der Waals surface area contributed by atoms with Crippen molar-refractivity contribution in [2.24, 2.45) is 11.8 Å². The van der Waals surface area contributed by atoms with Crippen molar-refractivity contribution >= 4 is 17.9 Å². The van der Waals surface area contributed by atoms with Crippen LogP contribution in [0.3, 0.4) is 0 Å². The molecule has 0 amide bonds. The van der Waals surface area contributed by atoms with Crippen molar-refractivity contribution in [2.45, 2.75) is 355 Å². The Morgan fingerprint density at radius 2 is 0.485 bits per heavy atom. The summed E-state index contributed by atoms with van der Waals surface area (Å²) in [5.74, 6) is 0.842. The lowest BCUT2D eigenvalue weighted by Gasteiger charge is -2.18. The summed E-state index contributed by atoms with van der Waals surface area (Å²) in [6, 6.07) is 0. The van der Waals surface area contributed by atoms with Crippen molar-refractivity contribution in [2.75, 3.05) is 13.2 Å². The van der Waals surface area contributed by atoms with Crippen molar-refractivity contribution in [3.05, 3.63) is 0 Å². The Bertz CT molecular complexity index is 1040. The van der Waals surface area contributed by atoms with E-state index in [2.05, 4.69) is 34.6 Å². The fraction of sp³-hybridized carbons (Fsp3) is 0.952. The van der Waals surface area contributed by atoms with E-state index in [1.807, 2.05) is 0 Å². The quantitative estimate of drug-likeness (QED) is 0.0343. The predicted octanol–water partition coefficient (Wildman–Crippen LogP) is 20.4. The molecule has 0 aromatic carbocycles. The summed E-state index contributed by atoms with van der Waals surface area (Å²) in [6.45, 7) is 11.4. The number of rotatable bonds is 56. The highest BCUT2D eigenvalue weighted by Crippen LogP contribution is 2.19. The van der Waals surface area contributed by atoms with Gasteiger partial charge in [-0.1, -0.05) is 311 Å². The molecule has 1 atom stereocenters. The lowest BCUT2D eigenvalue weighted by molar-refractivity contribution is -0.167. The third-order valence-electron chi connectivity index (χ3n) is 14.2. The first-order valence-corrected chi connectivity index (χ1v) is 30.7. The first-order chi connectivity index (χ1) is 33.2. The molecule has 0 aromatic heterocycles. The molecule has 0 unspecified atom stereocenters. The van der Waals surface area contributed by atoms with E-state index >= 15 is 0 Å². The smallest absolute Gasteiger partial charge is 0.306 e. The second-order valence-electron chi connectivity index (χ2n) is 22.3. The SMILES string of the molecule is CCCCCCCCCCCCCCCCCCCCC(=O)OC[C@H](COC(=O)CCCCCCCCCCCCCCCCC(C)C)OC(=O)CCCCCCCCCCCCCCC(C)C. The van der Waals surface area contributed by atoms with Crippen molar-refractivity contribution in [1.29, 1.82) is 0 Å². The summed E-state index contributed by atoms with van der Waals surface area (Å²) in [5.41, 5.74) is 0. The van der Waals surface area contributed by atoms with E-state index in [1.165, 1.54) is 238 Å². The molecule has 0 radical (unpaired) electrons. The molecule has 0 aliphatic rings.